The smallest absolute Gasteiger partial charge is 0.141 e. The first-order chi connectivity index (χ1) is 10.2. The summed E-state index contributed by atoms with van der Waals surface area (Å²) in [6.45, 7) is 0. The van der Waals surface area contributed by atoms with Gasteiger partial charge in [0, 0.05) is 16.5 Å². The summed E-state index contributed by atoms with van der Waals surface area (Å²) in [6.07, 6.45) is 0. The van der Waals surface area contributed by atoms with Crippen LogP contribution in [0.1, 0.15) is 5.56 Å². The van der Waals surface area contributed by atoms with Crippen LogP contribution in [0.15, 0.2) is 47.8 Å². The molecule has 2 aromatic carbocycles. The molecule has 0 saturated carbocycles. The maximum Gasteiger partial charge on any atom is 0.141 e. The van der Waals surface area contributed by atoms with Crippen molar-refractivity contribution in [1.29, 1.82) is 5.26 Å². The van der Waals surface area contributed by atoms with Crippen molar-refractivity contribution >= 4 is 22.9 Å². The number of hydrogen-bond acceptors (Lipinski definition) is 3. The van der Waals surface area contributed by atoms with Crippen molar-refractivity contribution in [2.45, 2.75) is 0 Å². The summed E-state index contributed by atoms with van der Waals surface area (Å²) >= 11 is 7.26. The van der Waals surface area contributed by atoms with Crippen molar-refractivity contribution in [3.05, 3.63) is 64.2 Å². The minimum Gasteiger partial charge on any atom is -0.236 e. The fourth-order valence-electron chi connectivity index (χ4n) is 1.88. The highest BCUT2D eigenvalue weighted by Crippen LogP contribution is 2.31. The Labute approximate surface area is 130 Å². The van der Waals surface area contributed by atoms with E-state index in [4.69, 9.17) is 16.9 Å². The van der Waals surface area contributed by atoms with Crippen LogP contribution in [0.2, 0.25) is 5.02 Å². The van der Waals surface area contributed by atoms with Crippen molar-refractivity contribution in [3.63, 3.8) is 0 Å². The third kappa shape index (κ3) is 2.80. The molecule has 0 N–H and O–H groups in total. The molecule has 0 spiro atoms. The monoisotopic (exact) mass is 314 g/mol. The minimum absolute atomic E-state index is 0.0858. The van der Waals surface area contributed by atoms with Gasteiger partial charge in [-0.15, -0.1) is 11.3 Å². The molecule has 0 unspecified atom stereocenters. The third-order valence-electron chi connectivity index (χ3n) is 2.98. The molecule has 0 bridgehead atoms. The van der Waals surface area contributed by atoms with Crippen molar-refractivity contribution in [2.75, 3.05) is 0 Å². The van der Waals surface area contributed by atoms with Crippen LogP contribution in [0, 0.1) is 17.1 Å². The van der Waals surface area contributed by atoms with E-state index in [2.05, 4.69) is 11.1 Å². The average Bonchev–Trinajstić information content (AvgIpc) is 3.00. The summed E-state index contributed by atoms with van der Waals surface area (Å²) in [4.78, 5) is 4.53. The highest BCUT2D eigenvalue weighted by Gasteiger charge is 2.09. The average molecular weight is 315 g/mol. The second-order valence-electron chi connectivity index (χ2n) is 4.36. The summed E-state index contributed by atoms with van der Waals surface area (Å²) in [7, 11) is 0. The Kier molecular flexibility index (Phi) is 3.70. The number of halogens is 2. The van der Waals surface area contributed by atoms with Gasteiger partial charge in [-0.1, -0.05) is 23.7 Å². The normalized spacial score (nSPS) is 10.3. The molecular formula is C16H8ClFN2S. The lowest BCUT2D eigenvalue weighted by molar-refractivity contribution is 0.628. The van der Waals surface area contributed by atoms with Crippen LogP contribution >= 0.6 is 22.9 Å². The van der Waals surface area contributed by atoms with Crippen molar-refractivity contribution < 1.29 is 4.39 Å². The van der Waals surface area contributed by atoms with E-state index in [9.17, 15) is 4.39 Å². The van der Waals surface area contributed by atoms with Crippen LogP contribution in [0.4, 0.5) is 4.39 Å². The molecule has 0 atom stereocenters. The van der Waals surface area contributed by atoms with Crippen LogP contribution in [0.3, 0.4) is 0 Å². The molecule has 1 aromatic heterocycles. The summed E-state index contributed by atoms with van der Waals surface area (Å²) in [5, 5.41) is 11.6. The minimum atomic E-state index is -0.440. The van der Waals surface area contributed by atoms with Crippen molar-refractivity contribution in [2.24, 2.45) is 0 Å². The Hall–Kier alpha value is -2.22. The topological polar surface area (TPSA) is 36.7 Å². The number of rotatable bonds is 2. The zero-order valence-corrected chi connectivity index (χ0v) is 12.2. The molecule has 0 aliphatic heterocycles. The molecule has 21 heavy (non-hydrogen) atoms. The first-order valence-electron chi connectivity index (χ1n) is 6.09. The lowest BCUT2D eigenvalue weighted by atomic mass is 10.1. The largest absolute Gasteiger partial charge is 0.236 e. The van der Waals surface area contributed by atoms with Crippen molar-refractivity contribution in [1.82, 2.24) is 4.98 Å². The van der Waals surface area contributed by atoms with Gasteiger partial charge in [0.1, 0.15) is 10.8 Å². The fourth-order valence-corrected chi connectivity index (χ4v) is 2.89. The van der Waals surface area contributed by atoms with Crippen molar-refractivity contribution in [3.8, 4) is 27.9 Å². The first kappa shape index (κ1) is 13.7. The van der Waals surface area contributed by atoms with Crippen LogP contribution in [0.25, 0.3) is 21.8 Å². The number of hydrogen-bond donors (Lipinski definition) is 0. The molecule has 102 valence electrons. The molecule has 0 aliphatic rings. The Morgan fingerprint density at radius 1 is 1.10 bits per heavy atom. The Bertz CT molecular complexity index is 834. The zero-order chi connectivity index (χ0) is 14.8. The molecule has 2 nitrogen and oxygen atoms in total. The van der Waals surface area contributed by atoms with E-state index < -0.39 is 5.82 Å². The van der Waals surface area contributed by atoms with Crippen LogP contribution in [-0.2, 0) is 0 Å². The second-order valence-corrected chi connectivity index (χ2v) is 5.62. The third-order valence-corrected chi connectivity index (χ3v) is 4.16. The molecule has 1 heterocycles. The maximum absolute atomic E-state index is 13.2. The lowest BCUT2D eigenvalue weighted by Gasteiger charge is -1.99. The van der Waals surface area contributed by atoms with E-state index in [1.165, 1.54) is 17.4 Å². The maximum atomic E-state index is 13.2. The van der Waals surface area contributed by atoms with Crippen LogP contribution in [-0.4, -0.2) is 4.98 Å². The number of nitrogens with zero attached hydrogens (tertiary/aromatic N) is 2. The first-order valence-corrected chi connectivity index (χ1v) is 7.34. The van der Waals surface area contributed by atoms with Gasteiger partial charge < -0.3 is 0 Å². The second kappa shape index (κ2) is 5.65. The fraction of sp³-hybridized carbons (Fsp3) is 0. The van der Waals surface area contributed by atoms with Gasteiger partial charge >= 0.3 is 0 Å². The summed E-state index contributed by atoms with van der Waals surface area (Å²) < 4.78 is 13.2. The Morgan fingerprint density at radius 2 is 1.81 bits per heavy atom. The van der Waals surface area contributed by atoms with Gasteiger partial charge in [-0.2, -0.15) is 5.26 Å². The lowest BCUT2D eigenvalue weighted by Crippen LogP contribution is -1.82. The molecule has 5 heteroatoms. The summed E-state index contributed by atoms with van der Waals surface area (Å²) in [5.74, 6) is -0.440. The summed E-state index contributed by atoms with van der Waals surface area (Å²) in [5.41, 5.74) is 3.15. The standard InChI is InChI=1S/C16H8ClFN2S/c17-13-7-12(5-6-14(13)18)16-20-15(9-21-16)11-3-1-10(8-19)2-4-11/h1-7,9H. The number of thiazole rings is 1. The molecule has 0 amide bonds. The van der Waals surface area contributed by atoms with Gasteiger partial charge in [0.15, 0.2) is 0 Å². The number of aromatic nitrogens is 1. The van der Waals surface area contributed by atoms with E-state index in [0.29, 0.717) is 5.56 Å². The molecule has 3 rings (SSSR count). The quantitative estimate of drug-likeness (QED) is 0.656. The highest BCUT2D eigenvalue weighted by atomic mass is 35.5. The highest BCUT2D eigenvalue weighted by molar-refractivity contribution is 7.13. The van der Waals surface area contributed by atoms with Gasteiger partial charge in [-0.3, -0.25) is 0 Å². The molecule has 0 aliphatic carbocycles. The van der Waals surface area contributed by atoms with E-state index in [1.54, 1.807) is 24.3 Å². The van der Waals surface area contributed by atoms with E-state index in [-0.39, 0.29) is 5.02 Å². The predicted molar refractivity (Wildman–Crippen MR) is 82.7 cm³/mol. The van der Waals surface area contributed by atoms with Crippen LogP contribution < -0.4 is 0 Å². The molecule has 0 saturated heterocycles. The predicted octanol–water partition coefficient (Wildman–Crippen LogP) is 5.14. The van der Waals surface area contributed by atoms with Gasteiger partial charge in [-0.05, 0) is 30.3 Å². The summed E-state index contributed by atoms with van der Waals surface area (Å²) in [6, 6.07) is 13.9. The van der Waals surface area contributed by atoms with E-state index in [1.807, 2.05) is 17.5 Å². The molecule has 0 fully saturated rings. The van der Waals surface area contributed by atoms with E-state index in [0.717, 1.165) is 21.8 Å². The molecular weight excluding hydrogens is 307 g/mol. The SMILES string of the molecule is N#Cc1ccc(-c2csc(-c3ccc(F)c(Cl)c3)n2)cc1. The van der Waals surface area contributed by atoms with Gasteiger partial charge in [0.2, 0.25) is 0 Å². The van der Waals surface area contributed by atoms with Gasteiger partial charge in [0.25, 0.3) is 0 Å². The zero-order valence-electron chi connectivity index (χ0n) is 10.7. The molecule has 3 aromatic rings. The van der Waals surface area contributed by atoms with Gasteiger partial charge in [0.05, 0.1) is 22.3 Å². The Balaban J connectivity index is 1.95. The number of nitriles is 1. The van der Waals surface area contributed by atoms with Crippen LogP contribution in [0.5, 0.6) is 0 Å². The Morgan fingerprint density at radius 3 is 2.48 bits per heavy atom. The molecule has 0 radical (unpaired) electrons. The number of benzene rings is 2. The van der Waals surface area contributed by atoms with Gasteiger partial charge in [-0.25, -0.2) is 9.37 Å². The van der Waals surface area contributed by atoms with E-state index >= 15 is 0 Å².